The lowest BCUT2D eigenvalue weighted by molar-refractivity contribution is -0.115. The highest BCUT2D eigenvalue weighted by Gasteiger charge is 2.22. The van der Waals surface area contributed by atoms with Crippen molar-refractivity contribution in [2.75, 3.05) is 13.7 Å². The Hall–Kier alpha value is -1.77. The highest BCUT2D eigenvalue weighted by atomic mass is 16.5. The van der Waals surface area contributed by atoms with Gasteiger partial charge in [0.05, 0.1) is 7.11 Å². The van der Waals surface area contributed by atoms with Gasteiger partial charge in [-0.1, -0.05) is 26.0 Å². The zero-order chi connectivity index (χ0) is 15.2. The van der Waals surface area contributed by atoms with Crippen LogP contribution in [0, 0.1) is 5.92 Å². The van der Waals surface area contributed by atoms with Gasteiger partial charge in [0, 0.05) is 24.7 Å². The first-order valence-corrected chi connectivity index (χ1v) is 7.69. The van der Waals surface area contributed by atoms with Gasteiger partial charge >= 0.3 is 0 Å². The largest absolute Gasteiger partial charge is 0.497 e. The maximum Gasteiger partial charge on any atom is 0.158 e. The minimum atomic E-state index is 0.217. The smallest absolute Gasteiger partial charge is 0.158 e. The van der Waals surface area contributed by atoms with Crippen LogP contribution in [0.5, 0.6) is 5.75 Å². The number of benzene rings is 1. The van der Waals surface area contributed by atoms with Crippen LogP contribution in [-0.2, 0) is 4.79 Å². The van der Waals surface area contributed by atoms with Crippen molar-refractivity contribution in [1.29, 1.82) is 0 Å². The Morgan fingerprint density at radius 3 is 2.57 bits per heavy atom. The molecular formula is C18H25NO2. The zero-order valence-electron chi connectivity index (χ0n) is 13.2. The second-order valence-corrected chi connectivity index (χ2v) is 6.12. The van der Waals surface area contributed by atoms with Gasteiger partial charge in [-0.25, -0.2) is 0 Å². The van der Waals surface area contributed by atoms with E-state index in [1.807, 2.05) is 12.1 Å². The predicted molar refractivity (Wildman–Crippen MR) is 85.5 cm³/mol. The first kappa shape index (κ1) is 15.6. The van der Waals surface area contributed by atoms with Crippen LogP contribution in [0.4, 0.5) is 0 Å². The Balaban J connectivity index is 1.99. The summed E-state index contributed by atoms with van der Waals surface area (Å²) in [5, 5.41) is 3.42. The number of rotatable bonds is 6. The molecule has 0 saturated carbocycles. The van der Waals surface area contributed by atoms with E-state index < -0.39 is 0 Å². The van der Waals surface area contributed by atoms with Crippen LogP contribution in [0.3, 0.4) is 0 Å². The van der Waals surface area contributed by atoms with Crippen LogP contribution in [-0.4, -0.2) is 19.4 Å². The fraction of sp³-hybridized carbons (Fsp3) is 0.500. The third kappa shape index (κ3) is 4.62. The summed E-state index contributed by atoms with van der Waals surface area (Å²) < 4.78 is 5.18. The van der Waals surface area contributed by atoms with Crippen molar-refractivity contribution in [2.45, 2.75) is 39.0 Å². The molecule has 3 nitrogen and oxygen atoms in total. The van der Waals surface area contributed by atoms with Crippen LogP contribution in [0.15, 0.2) is 36.0 Å². The summed E-state index contributed by atoms with van der Waals surface area (Å²) in [6, 6.07) is 8.05. The molecule has 3 heteroatoms. The number of hydrogen-bond donors (Lipinski definition) is 1. The predicted octanol–water partition coefficient (Wildman–Crippen LogP) is 3.66. The molecule has 1 aliphatic rings. The molecule has 0 spiro atoms. The second kappa shape index (κ2) is 7.30. The van der Waals surface area contributed by atoms with Crippen LogP contribution in [0.25, 0.3) is 0 Å². The summed E-state index contributed by atoms with van der Waals surface area (Å²) in [6.45, 7) is 5.36. The Morgan fingerprint density at radius 1 is 1.24 bits per heavy atom. The van der Waals surface area contributed by atoms with Crippen LogP contribution in [0.1, 0.15) is 44.6 Å². The summed E-state index contributed by atoms with van der Waals surface area (Å²) in [4.78, 5) is 11.9. The first-order valence-electron chi connectivity index (χ1n) is 7.69. The molecule has 1 aliphatic carbocycles. The quantitative estimate of drug-likeness (QED) is 0.867. The molecule has 2 rings (SSSR count). The molecule has 0 radical (unpaired) electrons. The number of ether oxygens (including phenoxy) is 1. The average Bonchev–Trinajstić information content (AvgIpc) is 2.46. The van der Waals surface area contributed by atoms with Crippen molar-refractivity contribution in [3.8, 4) is 5.75 Å². The highest BCUT2D eigenvalue weighted by molar-refractivity contribution is 5.91. The zero-order valence-corrected chi connectivity index (χ0v) is 13.2. The molecule has 0 amide bonds. The standard InChI is InChI=1S/C18H25NO2/c1-13(2)8-9-19-16-10-15(11-17(20)12-16)14-4-6-18(21-3)7-5-14/h4-7,12-13,15,19H,8-11H2,1-3H3/t15-/m1/s1. The molecule has 0 bridgehead atoms. The normalized spacial score (nSPS) is 18.6. The summed E-state index contributed by atoms with van der Waals surface area (Å²) in [5.74, 6) is 2.02. The van der Waals surface area contributed by atoms with E-state index in [1.165, 1.54) is 5.56 Å². The van der Waals surface area contributed by atoms with Crippen molar-refractivity contribution in [1.82, 2.24) is 5.32 Å². The number of nitrogens with one attached hydrogen (secondary N) is 1. The van der Waals surface area contributed by atoms with E-state index in [0.717, 1.165) is 30.8 Å². The van der Waals surface area contributed by atoms with Crippen LogP contribution < -0.4 is 10.1 Å². The fourth-order valence-electron chi connectivity index (χ4n) is 2.65. The Kier molecular flexibility index (Phi) is 5.43. The molecule has 114 valence electrons. The maximum absolute atomic E-state index is 11.9. The van der Waals surface area contributed by atoms with E-state index in [9.17, 15) is 4.79 Å². The van der Waals surface area contributed by atoms with Gasteiger partial charge in [0.1, 0.15) is 5.75 Å². The molecule has 0 saturated heterocycles. The highest BCUT2D eigenvalue weighted by Crippen LogP contribution is 2.31. The molecule has 0 aromatic heterocycles. The van der Waals surface area contributed by atoms with Gasteiger partial charge in [0.15, 0.2) is 5.78 Å². The van der Waals surface area contributed by atoms with E-state index in [1.54, 1.807) is 13.2 Å². The van der Waals surface area contributed by atoms with Gasteiger partial charge in [0.25, 0.3) is 0 Å². The van der Waals surface area contributed by atoms with Crippen LogP contribution in [0.2, 0.25) is 0 Å². The molecule has 1 atom stereocenters. The Morgan fingerprint density at radius 2 is 1.95 bits per heavy atom. The molecule has 0 aliphatic heterocycles. The Labute approximate surface area is 127 Å². The third-order valence-corrected chi connectivity index (χ3v) is 3.91. The summed E-state index contributed by atoms with van der Waals surface area (Å²) in [6.07, 6.45) is 4.41. The van der Waals surface area contributed by atoms with Gasteiger partial charge in [-0.3, -0.25) is 4.79 Å². The lowest BCUT2D eigenvalue weighted by Crippen LogP contribution is -2.23. The third-order valence-electron chi connectivity index (χ3n) is 3.91. The van der Waals surface area contributed by atoms with Gasteiger partial charge in [-0.2, -0.15) is 0 Å². The lowest BCUT2D eigenvalue weighted by atomic mass is 9.85. The molecule has 0 heterocycles. The number of methoxy groups -OCH3 is 1. The van der Waals surface area contributed by atoms with Crippen molar-refractivity contribution in [2.24, 2.45) is 5.92 Å². The first-order chi connectivity index (χ1) is 10.1. The summed E-state index contributed by atoms with van der Waals surface area (Å²) >= 11 is 0. The van der Waals surface area contributed by atoms with Crippen molar-refractivity contribution in [3.63, 3.8) is 0 Å². The molecular weight excluding hydrogens is 262 g/mol. The molecule has 21 heavy (non-hydrogen) atoms. The van der Waals surface area contributed by atoms with Gasteiger partial charge < -0.3 is 10.1 Å². The minimum Gasteiger partial charge on any atom is -0.497 e. The van der Waals surface area contributed by atoms with Crippen molar-refractivity contribution < 1.29 is 9.53 Å². The van der Waals surface area contributed by atoms with Gasteiger partial charge in [0.2, 0.25) is 0 Å². The monoisotopic (exact) mass is 287 g/mol. The average molecular weight is 287 g/mol. The number of hydrogen-bond acceptors (Lipinski definition) is 3. The lowest BCUT2D eigenvalue weighted by Gasteiger charge is -2.23. The molecule has 1 aromatic carbocycles. The van der Waals surface area contributed by atoms with Crippen molar-refractivity contribution in [3.05, 3.63) is 41.6 Å². The fourth-order valence-corrected chi connectivity index (χ4v) is 2.65. The van der Waals surface area contributed by atoms with E-state index >= 15 is 0 Å². The minimum absolute atomic E-state index is 0.217. The number of ketones is 1. The molecule has 0 unspecified atom stereocenters. The van der Waals surface area contributed by atoms with Crippen LogP contribution >= 0.6 is 0 Å². The summed E-state index contributed by atoms with van der Waals surface area (Å²) in [7, 11) is 1.67. The SMILES string of the molecule is COc1ccc([C@H]2CC(=O)C=C(NCCC(C)C)C2)cc1. The second-order valence-electron chi connectivity index (χ2n) is 6.12. The molecule has 1 aromatic rings. The number of allylic oxidation sites excluding steroid dienone is 2. The topological polar surface area (TPSA) is 38.3 Å². The molecule has 0 fully saturated rings. The van der Waals surface area contributed by atoms with E-state index in [-0.39, 0.29) is 11.7 Å². The number of carbonyl (C=O) groups is 1. The molecule has 1 N–H and O–H groups in total. The van der Waals surface area contributed by atoms with Gasteiger partial charge in [-0.05, 0) is 42.4 Å². The van der Waals surface area contributed by atoms with Gasteiger partial charge in [-0.15, -0.1) is 0 Å². The van der Waals surface area contributed by atoms with E-state index in [2.05, 4.69) is 31.3 Å². The number of carbonyl (C=O) groups excluding carboxylic acids is 1. The van der Waals surface area contributed by atoms with Crippen molar-refractivity contribution >= 4 is 5.78 Å². The summed E-state index contributed by atoms with van der Waals surface area (Å²) in [5.41, 5.74) is 2.29. The van der Waals surface area contributed by atoms with E-state index in [0.29, 0.717) is 12.3 Å². The Bertz CT molecular complexity index is 502. The van der Waals surface area contributed by atoms with E-state index in [4.69, 9.17) is 4.74 Å². The maximum atomic E-state index is 11.9.